The molecule has 0 saturated heterocycles. The Kier molecular flexibility index (Phi) is 2.35. The van der Waals surface area contributed by atoms with E-state index < -0.39 is 11.9 Å². The lowest BCUT2D eigenvalue weighted by Crippen LogP contribution is -2.06. The van der Waals surface area contributed by atoms with Gasteiger partial charge in [-0.25, -0.2) is 4.98 Å². The van der Waals surface area contributed by atoms with Gasteiger partial charge >= 0.3 is 6.18 Å². The van der Waals surface area contributed by atoms with Crippen molar-refractivity contribution in [2.75, 3.05) is 0 Å². The summed E-state index contributed by atoms with van der Waals surface area (Å²) in [5, 5.41) is 3.62. The average Bonchev–Trinajstić information content (AvgIpc) is 2.83. The summed E-state index contributed by atoms with van der Waals surface area (Å²) in [6.45, 7) is 3.82. The van der Waals surface area contributed by atoms with Gasteiger partial charge in [-0.15, -0.1) is 0 Å². The van der Waals surface area contributed by atoms with E-state index >= 15 is 0 Å². The molecule has 0 unspecified atom stereocenters. The molecule has 19 heavy (non-hydrogen) atoms. The number of hydrogen-bond acceptors (Lipinski definition) is 2. The monoisotopic (exact) mass is 268 g/mol. The largest absolute Gasteiger partial charge is 0.435 e. The Balaban J connectivity index is 2.43. The van der Waals surface area contributed by atoms with Crippen LogP contribution in [0, 0.1) is 0 Å². The van der Waals surface area contributed by atoms with Gasteiger partial charge in [0.2, 0.25) is 0 Å². The maximum Gasteiger partial charge on any atom is 0.435 e. The van der Waals surface area contributed by atoms with Crippen LogP contribution in [0.4, 0.5) is 13.2 Å². The molecule has 0 spiro atoms. The van der Waals surface area contributed by atoms with Crippen molar-refractivity contribution in [3.63, 3.8) is 0 Å². The first kappa shape index (κ1) is 12.0. The molecule has 0 aliphatic heterocycles. The van der Waals surface area contributed by atoms with E-state index in [-0.39, 0.29) is 6.04 Å². The number of pyridine rings is 1. The number of halogens is 3. The maximum absolute atomic E-state index is 12.7. The highest BCUT2D eigenvalue weighted by Gasteiger charge is 2.35. The summed E-state index contributed by atoms with van der Waals surface area (Å²) in [5.41, 5.74) is 0.705. The fourth-order valence-corrected chi connectivity index (χ4v) is 2.24. The van der Waals surface area contributed by atoms with Crippen molar-refractivity contribution in [2.24, 2.45) is 0 Å². The Morgan fingerprint density at radius 1 is 1.26 bits per heavy atom. The van der Waals surface area contributed by atoms with Crippen LogP contribution in [-0.2, 0) is 6.18 Å². The first-order valence-corrected chi connectivity index (χ1v) is 5.81. The molecule has 0 bridgehead atoms. The van der Waals surface area contributed by atoms with Crippen molar-refractivity contribution in [1.82, 2.24) is 19.2 Å². The minimum atomic E-state index is -4.45. The Morgan fingerprint density at radius 2 is 2.00 bits per heavy atom. The molecule has 0 radical (unpaired) electrons. The molecule has 0 aliphatic carbocycles. The summed E-state index contributed by atoms with van der Waals surface area (Å²) in [5.74, 6) is 0. The highest BCUT2D eigenvalue weighted by atomic mass is 19.4. The lowest BCUT2D eigenvalue weighted by atomic mass is 10.3. The fraction of sp³-hybridized carbons (Fsp3) is 0.333. The lowest BCUT2D eigenvalue weighted by Gasteiger charge is -2.08. The summed E-state index contributed by atoms with van der Waals surface area (Å²) in [4.78, 5) is 4.12. The number of hydrogen-bond donors (Lipinski definition) is 0. The van der Waals surface area contributed by atoms with Crippen LogP contribution in [0.15, 0.2) is 24.4 Å². The molecule has 0 saturated carbocycles. The normalized spacial score (nSPS) is 12.9. The zero-order valence-corrected chi connectivity index (χ0v) is 10.3. The third-order valence-electron chi connectivity index (χ3n) is 2.97. The van der Waals surface area contributed by atoms with E-state index in [9.17, 15) is 13.2 Å². The van der Waals surface area contributed by atoms with Crippen molar-refractivity contribution in [3.05, 3.63) is 30.1 Å². The van der Waals surface area contributed by atoms with Gasteiger partial charge in [0.25, 0.3) is 0 Å². The molecule has 3 heterocycles. The smallest absolute Gasteiger partial charge is 0.320 e. The third-order valence-corrected chi connectivity index (χ3v) is 2.97. The van der Waals surface area contributed by atoms with Crippen molar-refractivity contribution in [3.8, 4) is 0 Å². The lowest BCUT2D eigenvalue weighted by molar-refractivity contribution is -0.141. The van der Waals surface area contributed by atoms with Crippen molar-refractivity contribution in [2.45, 2.75) is 26.1 Å². The summed E-state index contributed by atoms with van der Waals surface area (Å²) in [6.07, 6.45) is -2.91. The van der Waals surface area contributed by atoms with Gasteiger partial charge in [-0.1, -0.05) is 0 Å². The molecule has 0 aliphatic rings. The van der Waals surface area contributed by atoms with Crippen LogP contribution in [0.25, 0.3) is 16.8 Å². The summed E-state index contributed by atoms with van der Waals surface area (Å²) >= 11 is 0. The van der Waals surface area contributed by atoms with Crippen LogP contribution in [0.5, 0.6) is 0 Å². The Morgan fingerprint density at radius 3 is 2.63 bits per heavy atom. The fourth-order valence-electron chi connectivity index (χ4n) is 2.24. The van der Waals surface area contributed by atoms with Crippen LogP contribution >= 0.6 is 0 Å². The Hall–Kier alpha value is -2.05. The van der Waals surface area contributed by atoms with E-state index in [0.717, 1.165) is 11.6 Å². The van der Waals surface area contributed by atoms with Gasteiger partial charge < -0.3 is 4.57 Å². The third kappa shape index (κ3) is 1.68. The minimum Gasteiger partial charge on any atom is -0.320 e. The highest BCUT2D eigenvalue weighted by Crippen LogP contribution is 2.31. The minimum absolute atomic E-state index is 0.0157. The molecule has 0 aromatic carbocycles. The van der Waals surface area contributed by atoms with E-state index in [0.29, 0.717) is 11.3 Å². The average molecular weight is 268 g/mol. The van der Waals surface area contributed by atoms with Crippen LogP contribution in [0.3, 0.4) is 0 Å². The maximum atomic E-state index is 12.7. The predicted molar refractivity (Wildman–Crippen MR) is 63.9 cm³/mol. The SMILES string of the molecule is CC(C)n1c2cccnc2n2nc(C(F)(F)F)cc12. The number of nitrogens with zero attached hydrogens (tertiary/aromatic N) is 4. The second-order valence-corrected chi connectivity index (χ2v) is 4.61. The van der Waals surface area contributed by atoms with Gasteiger partial charge in [0.15, 0.2) is 11.3 Å². The molecule has 3 rings (SSSR count). The number of imidazole rings is 1. The summed E-state index contributed by atoms with van der Waals surface area (Å²) < 4.78 is 41.2. The van der Waals surface area contributed by atoms with E-state index in [4.69, 9.17) is 0 Å². The quantitative estimate of drug-likeness (QED) is 0.679. The van der Waals surface area contributed by atoms with E-state index in [1.807, 2.05) is 19.9 Å². The molecule has 3 aromatic rings. The summed E-state index contributed by atoms with van der Waals surface area (Å²) in [6, 6.07) is 4.65. The molecule has 0 N–H and O–H groups in total. The van der Waals surface area contributed by atoms with Crippen molar-refractivity contribution < 1.29 is 13.2 Å². The second-order valence-electron chi connectivity index (χ2n) is 4.61. The molecule has 100 valence electrons. The number of fused-ring (bicyclic) bond motifs is 3. The van der Waals surface area contributed by atoms with Crippen molar-refractivity contribution in [1.29, 1.82) is 0 Å². The van der Waals surface area contributed by atoms with E-state index in [2.05, 4.69) is 10.1 Å². The Labute approximate surface area is 106 Å². The predicted octanol–water partition coefficient (Wildman–Crippen LogP) is 3.28. The van der Waals surface area contributed by atoms with Crippen LogP contribution in [-0.4, -0.2) is 19.2 Å². The van der Waals surface area contributed by atoms with Gasteiger partial charge in [0.05, 0.1) is 5.52 Å². The molecule has 3 aromatic heterocycles. The molecule has 7 heteroatoms. The molecule has 0 fully saturated rings. The van der Waals surface area contributed by atoms with Crippen LogP contribution in [0.1, 0.15) is 25.6 Å². The Bertz CT molecular complexity index is 751. The van der Waals surface area contributed by atoms with Crippen LogP contribution < -0.4 is 0 Å². The highest BCUT2D eigenvalue weighted by molar-refractivity contribution is 5.78. The molecule has 0 amide bonds. The topological polar surface area (TPSA) is 35.1 Å². The standard InChI is InChI=1S/C12H11F3N4/c1-7(2)18-8-4-3-5-16-11(8)19-10(18)6-9(17-19)12(13,14)15/h3-7H,1-2H3. The van der Waals surface area contributed by atoms with Gasteiger partial charge in [0.1, 0.15) is 5.65 Å². The van der Waals surface area contributed by atoms with Gasteiger partial charge in [-0.2, -0.15) is 22.8 Å². The first-order chi connectivity index (χ1) is 8.89. The van der Waals surface area contributed by atoms with Crippen molar-refractivity contribution >= 4 is 16.8 Å². The zero-order valence-electron chi connectivity index (χ0n) is 10.3. The summed E-state index contributed by atoms with van der Waals surface area (Å²) in [7, 11) is 0. The van der Waals surface area contributed by atoms with Gasteiger partial charge in [0, 0.05) is 18.3 Å². The molecular weight excluding hydrogens is 257 g/mol. The number of rotatable bonds is 1. The second kappa shape index (κ2) is 3.72. The molecule has 4 nitrogen and oxygen atoms in total. The molecular formula is C12H11F3N4. The zero-order chi connectivity index (χ0) is 13.8. The van der Waals surface area contributed by atoms with Gasteiger partial charge in [-0.05, 0) is 26.0 Å². The molecule has 0 atom stereocenters. The van der Waals surface area contributed by atoms with Gasteiger partial charge in [-0.3, -0.25) is 0 Å². The number of alkyl halides is 3. The van der Waals surface area contributed by atoms with E-state index in [1.165, 1.54) is 4.52 Å². The van der Waals surface area contributed by atoms with E-state index in [1.54, 1.807) is 16.8 Å². The first-order valence-electron chi connectivity index (χ1n) is 5.81. The number of aromatic nitrogens is 4. The van der Waals surface area contributed by atoms with Crippen LogP contribution in [0.2, 0.25) is 0 Å².